The molecule has 7 nitrogen and oxygen atoms in total. The average Bonchev–Trinajstić information content (AvgIpc) is 3.38. The second kappa shape index (κ2) is 9.55. The van der Waals surface area contributed by atoms with E-state index in [1.54, 1.807) is 0 Å². The molecule has 5 N–H and O–H groups in total. The van der Waals surface area contributed by atoms with E-state index in [0.717, 1.165) is 0 Å². The minimum atomic E-state index is -0.939. The quantitative estimate of drug-likeness (QED) is 0.421. The van der Waals surface area contributed by atoms with Crippen LogP contribution in [0.4, 0.5) is 0 Å². The Hall–Kier alpha value is -0.280. The van der Waals surface area contributed by atoms with Crippen LogP contribution in [-0.4, -0.2) is 62.6 Å². The molecule has 0 radical (unpaired) electrons. The van der Waals surface area contributed by atoms with Crippen molar-refractivity contribution in [3.05, 3.63) is 0 Å². The molecule has 0 aromatic heterocycles. The van der Waals surface area contributed by atoms with Crippen LogP contribution in [0.1, 0.15) is 82.1 Å². The molecular weight excluding hydrogens is 434 g/mol. The molecule has 2 bridgehead atoms. The summed E-state index contributed by atoms with van der Waals surface area (Å²) in [5.41, 5.74) is -1.93. The Bertz CT molecular complexity index is 723. The van der Waals surface area contributed by atoms with Gasteiger partial charge in [0.15, 0.2) is 0 Å². The third-order valence-corrected chi connectivity index (χ3v) is 10.5. The Morgan fingerprint density at radius 3 is 1.97 bits per heavy atom. The van der Waals surface area contributed by atoms with Gasteiger partial charge in [-0.1, -0.05) is 41.5 Å². The van der Waals surface area contributed by atoms with Gasteiger partial charge in [0.25, 0.3) is 0 Å². The van der Waals surface area contributed by atoms with E-state index in [1.165, 1.54) is 0 Å². The van der Waals surface area contributed by atoms with Gasteiger partial charge >= 0.3 is 0 Å². The lowest BCUT2D eigenvalue weighted by atomic mass is 9.73. The molecule has 3 fully saturated rings. The van der Waals surface area contributed by atoms with E-state index in [2.05, 4.69) is 27.7 Å². The third-order valence-electron chi connectivity index (χ3n) is 10.5. The number of ether oxygens (including phenoxy) is 2. The van der Waals surface area contributed by atoms with Gasteiger partial charge in [0.1, 0.15) is 5.60 Å². The number of rotatable bonds is 1. The van der Waals surface area contributed by atoms with Gasteiger partial charge in [0, 0.05) is 5.92 Å². The van der Waals surface area contributed by atoms with Crippen LogP contribution in [0, 0.1) is 41.4 Å². The molecule has 0 aromatic rings. The van der Waals surface area contributed by atoms with Crippen LogP contribution in [0.3, 0.4) is 0 Å². The zero-order valence-corrected chi connectivity index (χ0v) is 23.0. The summed E-state index contributed by atoms with van der Waals surface area (Å²) in [6, 6.07) is 0. The highest BCUT2D eigenvalue weighted by atomic mass is 16.6. The Balaban J connectivity index is 2.05. The van der Waals surface area contributed by atoms with Crippen molar-refractivity contribution >= 4 is 0 Å². The molecule has 8 unspecified atom stereocenters. The van der Waals surface area contributed by atoms with Crippen LogP contribution in [0.5, 0.6) is 0 Å². The maximum absolute atomic E-state index is 11.4. The smallest absolute Gasteiger partial charge is 0.118 e. The van der Waals surface area contributed by atoms with Gasteiger partial charge in [-0.05, 0) is 76.0 Å². The number of nitrogens with two attached hydrogens (primary N) is 1. The van der Waals surface area contributed by atoms with Crippen LogP contribution >= 0.6 is 0 Å². The maximum atomic E-state index is 11.4. The fourth-order valence-electron chi connectivity index (χ4n) is 7.81. The predicted molar refractivity (Wildman–Crippen MR) is 132 cm³/mol. The van der Waals surface area contributed by atoms with Crippen molar-refractivity contribution in [1.29, 1.82) is 0 Å². The van der Waals surface area contributed by atoms with E-state index < -0.39 is 53.2 Å². The standard InChI is InChI=1S/C27H51NO6/c1-13-11-25(9,34-28)12-14(2)27-18(6)21(27)16(4)24(31)26(10,33-27)20(8)32-19(7)23(30)17(5)22(29)15(13)3/h13-24,29-31H,11-12,28H2,1-10H3/t13-,14-,15?,16?,17-,18-,19?,20-,21?,22?,23?,24?,25+,26+,27?/m1/s1. The molecule has 7 heteroatoms. The first-order valence-electron chi connectivity index (χ1n) is 13.3. The maximum Gasteiger partial charge on any atom is 0.118 e. The number of fused-ring (bicyclic) bond motifs is 1. The third kappa shape index (κ3) is 4.37. The van der Waals surface area contributed by atoms with E-state index in [1.807, 2.05) is 41.5 Å². The van der Waals surface area contributed by atoms with Gasteiger partial charge in [-0.2, -0.15) is 0 Å². The summed E-state index contributed by atoms with van der Waals surface area (Å²) in [7, 11) is 0. The zero-order chi connectivity index (χ0) is 26.0. The summed E-state index contributed by atoms with van der Waals surface area (Å²) < 4.78 is 13.3. The predicted octanol–water partition coefficient (Wildman–Crippen LogP) is 3.28. The highest BCUT2D eigenvalue weighted by Crippen LogP contribution is 2.68. The van der Waals surface area contributed by atoms with Crippen LogP contribution in [0.2, 0.25) is 0 Å². The van der Waals surface area contributed by atoms with Gasteiger partial charge in [-0.15, -0.1) is 0 Å². The van der Waals surface area contributed by atoms with Crippen molar-refractivity contribution in [2.45, 2.75) is 129 Å². The molecule has 1 saturated carbocycles. The van der Waals surface area contributed by atoms with E-state index in [-0.39, 0.29) is 29.6 Å². The largest absolute Gasteiger partial charge is 0.392 e. The van der Waals surface area contributed by atoms with Crippen molar-refractivity contribution in [2.75, 3.05) is 0 Å². The first-order valence-corrected chi connectivity index (χ1v) is 13.3. The number of aliphatic hydroxyl groups excluding tert-OH is 3. The second-order valence-electron chi connectivity index (χ2n) is 12.8. The van der Waals surface area contributed by atoms with Crippen molar-refractivity contribution in [2.24, 2.45) is 47.3 Å². The van der Waals surface area contributed by atoms with Gasteiger partial charge in [0.05, 0.1) is 41.7 Å². The molecule has 0 amide bonds. The van der Waals surface area contributed by atoms with E-state index in [0.29, 0.717) is 18.8 Å². The highest BCUT2D eigenvalue weighted by molar-refractivity contribution is 5.23. The van der Waals surface area contributed by atoms with Crippen molar-refractivity contribution in [3.8, 4) is 0 Å². The Kier molecular flexibility index (Phi) is 7.95. The molecule has 3 aliphatic rings. The number of hydrogen-bond acceptors (Lipinski definition) is 7. The fraction of sp³-hybridized carbons (Fsp3) is 1.00. The summed E-state index contributed by atoms with van der Waals surface area (Å²) in [6.07, 6.45) is -1.87. The van der Waals surface area contributed by atoms with Gasteiger partial charge < -0.3 is 24.8 Å². The van der Waals surface area contributed by atoms with Crippen LogP contribution in [-0.2, 0) is 14.3 Å². The lowest BCUT2D eigenvalue weighted by Crippen LogP contribution is -2.62. The van der Waals surface area contributed by atoms with Gasteiger partial charge in [-0.25, -0.2) is 5.90 Å². The topological polar surface area (TPSA) is 114 Å². The molecule has 1 spiro atoms. The highest BCUT2D eigenvalue weighted by Gasteiger charge is 2.75. The molecule has 34 heavy (non-hydrogen) atoms. The summed E-state index contributed by atoms with van der Waals surface area (Å²) in [4.78, 5) is 5.62. The van der Waals surface area contributed by atoms with E-state index >= 15 is 0 Å². The molecule has 2 aliphatic heterocycles. The van der Waals surface area contributed by atoms with Crippen LogP contribution < -0.4 is 5.90 Å². The molecule has 0 aromatic carbocycles. The van der Waals surface area contributed by atoms with Crippen molar-refractivity contribution in [3.63, 3.8) is 0 Å². The number of aliphatic hydroxyl groups is 3. The summed E-state index contributed by atoms with van der Waals surface area (Å²) in [6.45, 7) is 20.3. The van der Waals surface area contributed by atoms with Crippen molar-refractivity contribution in [1.82, 2.24) is 0 Å². The molecule has 15 atom stereocenters. The Morgan fingerprint density at radius 1 is 0.824 bits per heavy atom. The molecule has 1 aliphatic carbocycles. The summed E-state index contributed by atoms with van der Waals surface area (Å²) in [5.74, 6) is 6.27. The summed E-state index contributed by atoms with van der Waals surface area (Å²) >= 11 is 0. The van der Waals surface area contributed by atoms with Gasteiger partial charge in [0.2, 0.25) is 0 Å². The lowest BCUT2D eigenvalue weighted by molar-refractivity contribution is -0.274. The molecule has 2 saturated heterocycles. The molecule has 2 heterocycles. The van der Waals surface area contributed by atoms with Gasteiger partial charge in [-0.3, -0.25) is 4.84 Å². The van der Waals surface area contributed by atoms with E-state index in [9.17, 15) is 15.3 Å². The zero-order valence-electron chi connectivity index (χ0n) is 23.0. The summed E-state index contributed by atoms with van der Waals surface area (Å²) in [5, 5.41) is 33.6. The molecule has 200 valence electrons. The SMILES string of the molecule is CC1O[C@H](C)[C@]2(C)OC3(C(C(C)C2O)[C@H]3C)[C@H](C)C[C@@](C)(ON)C[C@@H](C)C(C)C(O)[C@@H](C)C1O. The van der Waals surface area contributed by atoms with Crippen LogP contribution in [0.15, 0.2) is 0 Å². The average molecular weight is 486 g/mol. The Labute approximate surface area is 206 Å². The molecule has 3 rings (SSSR count). The second-order valence-corrected chi connectivity index (χ2v) is 12.8. The lowest BCUT2D eigenvalue weighted by Gasteiger charge is -2.51. The Morgan fingerprint density at radius 2 is 1.41 bits per heavy atom. The van der Waals surface area contributed by atoms with Crippen LogP contribution in [0.25, 0.3) is 0 Å². The minimum Gasteiger partial charge on any atom is -0.392 e. The first kappa shape index (κ1) is 28.3. The van der Waals surface area contributed by atoms with E-state index in [4.69, 9.17) is 20.2 Å². The normalized spacial score (nSPS) is 59.5. The van der Waals surface area contributed by atoms with Crippen molar-refractivity contribution < 1.29 is 29.6 Å². The fourth-order valence-corrected chi connectivity index (χ4v) is 7.81. The first-order chi connectivity index (χ1) is 15.6. The molecular formula is C27H51NO6. The minimum absolute atomic E-state index is 0.0444. The number of hydrogen-bond donors (Lipinski definition) is 4. The monoisotopic (exact) mass is 485 g/mol.